The van der Waals surface area contributed by atoms with Gasteiger partial charge in [0.05, 0.1) is 22.2 Å². The molecule has 0 bridgehead atoms. The van der Waals surface area contributed by atoms with Crippen LogP contribution in [0, 0.1) is 16.0 Å². The summed E-state index contributed by atoms with van der Waals surface area (Å²) in [4.78, 5) is 29.2. The lowest BCUT2D eigenvalue weighted by atomic mass is 9.86. The van der Waals surface area contributed by atoms with Gasteiger partial charge >= 0.3 is 0 Å². The van der Waals surface area contributed by atoms with Gasteiger partial charge in [-0.25, -0.2) is 4.98 Å². The monoisotopic (exact) mass is 302 g/mol. The minimum atomic E-state index is -0.457. The van der Waals surface area contributed by atoms with Crippen LogP contribution in [0.5, 0.6) is 0 Å². The molecule has 0 amide bonds. The second kappa shape index (κ2) is 5.75. The first-order valence-corrected chi connectivity index (χ1v) is 7.48. The van der Waals surface area contributed by atoms with Crippen LogP contribution in [0.1, 0.15) is 32.6 Å². The van der Waals surface area contributed by atoms with E-state index in [0.29, 0.717) is 17.1 Å². The largest absolute Gasteiger partial charge is 0.376 e. The third kappa shape index (κ3) is 2.66. The average Bonchev–Trinajstić information content (AvgIpc) is 2.49. The number of rotatable bonds is 3. The zero-order chi connectivity index (χ0) is 15.7. The molecular weight excluding hydrogens is 284 g/mol. The fraction of sp³-hybridized carbons (Fsp3) is 0.467. The van der Waals surface area contributed by atoms with Crippen molar-refractivity contribution in [3.8, 4) is 0 Å². The van der Waals surface area contributed by atoms with Crippen molar-refractivity contribution < 1.29 is 4.92 Å². The SMILES string of the molecule is CC1CCCCC1Nc1cc2nc[nH]c(=O)c2cc1[N+](=O)[O-]. The number of H-pyrrole nitrogens is 1. The lowest BCUT2D eigenvalue weighted by Crippen LogP contribution is -2.30. The summed E-state index contributed by atoms with van der Waals surface area (Å²) in [5.41, 5.74) is 0.448. The Kier molecular flexibility index (Phi) is 3.79. The minimum absolute atomic E-state index is 0.0798. The van der Waals surface area contributed by atoms with Gasteiger partial charge in [0, 0.05) is 12.1 Å². The highest BCUT2D eigenvalue weighted by Crippen LogP contribution is 2.32. The van der Waals surface area contributed by atoms with Crippen molar-refractivity contribution in [2.45, 2.75) is 38.6 Å². The molecule has 116 valence electrons. The van der Waals surface area contributed by atoms with Gasteiger partial charge in [0.25, 0.3) is 11.2 Å². The molecule has 22 heavy (non-hydrogen) atoms. The molecule has 1 aromatic carbocycles. The van der Waals surface area contributed by atoms with E-state index >= 15 is 0 Å². The molecule has 1 heterocycles. The van der Waals surface area contributed by atoms with Crippen LogP contribution in [0.2, 0.25) is 0 Å². The van der Waals surface area contributed by atoms with Crippen LogP contribution in [0.15, 0.2) is 23.3 Å². The topological polar surface area (TPSA) is 101 Å². The Morgan fingerprint density at radius 3 is 2.86 bits per heavy atom. The lowest BCUT2D eigenvalue weighted by Gasteiger charge is -2.30. The van der Waals surface area contributed by atoms with E-state index in [1.165, 1.54) is 18.8 Å². The molecule has 1 aromatic heterocycles. The molecule has 1 saturated carbocycles. The van der Waals surface area contributed by atoms with E-state index in [1.807, 2.05) is 0 Å². The van der Waals surface area contributed by atoms with Crippen molar-refractivity contribution in [2.75, 3.05) is 5.32 Å². The number of nitro groups is 1. The molecule has 2 N–H and O–H groups in total. The Morgan fingerprint density at radius 1 is 1.36 bits per heavy atom. The van der Waals surface area contributed by atoms with Gasteiger partial charge in [-0.1, -0.05) is 19.8 Å². The summed E-state index contributed by atoms with van der Waals surface area (Å²) in [5, 5.41) is 14.9. The minimum Gasteiger partial charge on any atom is -0.376 e. The zero-order valence-electron chi connectivity index (χ0n) is 12.3. The standard InChI is InChI=1S/C15H18N4O3/c1-9-4-2-3-5-11(9)18-13-7-12-10(6-14(13)19(21)22)15(20)17-8-16-12/h6-9,11,18H,2-5H2,1H3,(H,16,17,20). The van der Waals surface area contributed by atoms with E-state index in [9.17, 15) is 14.9 Å². The molecule has 2 aromatic rings. The van der Waals surface area contributed by atoms with E-state index in [2.05, 4.69) is 22.2 Å². The highest BCUT2D eigenvalue weighted by molar-refractivity contribution is 5.86. The Hall–Kier alpha value is -2.44. The first-order valence-electron chi connectivity index (χ1n) is 7.48. The van der Waals surface area contributed by atoms with Gasteiger partial charge in [-0.2, -0.15) is 0 Å². The van der Waals surface area contributed by atoms with E-state index in [1.54, 1.807) is 6.07 Å². The molecule has 0 radical (unpaired) electrons. The molecule has 7 heteroatoms. The van der Waals surface area contributed by atoms with Crippen LogP contribution in [0.25, 0.3) is 10.9 Å². The number of fused-ring (bicyclic) bond motifs is 1. The van der Waals surface area contributed by atoms with Crippen LogP contribution in [0.4, 0.5) is 11.4 Å². The van der Waals surface area contributed by atoms with E-state index in [0.717, 1.165) is 19.3 Å². The van der Waals surface area contributed by atoms with Crippen molar-refractivity contribution >= 4 is 22.3 Å². The second-order valence-electron chi connectivity index (χ2n) is 5.89. The lowest BCUT2D eigenvalue weighted by molar-refractivity contribution is -0.383. The summed E-state index contributed by atoms with van der Waals surface area (Å²) in [6.45, 7) is 2.16. The van der Waals surface area contributed by atoms with Gasteiger partial charge in [-0.05, 0) is 24.8 Å². The summed E-state index contributed by atoms with van der Waals surface area (Å²) >= 11 is 0. The molecule has 1 aliphatic carbocycles. The smallest absolute Gasteiger partial charge is 0.293 e. The number of hydrogen-bond donors (Lipinski definition) is 2. The third-order valence-electron chi connectivity index (χ3n) is 4.41. The maximum atomic E-state index is 11.8. The van der Waals surface area contributed by atoms with Crippen molar-refractivity contribution in [1.29, 1.82) is 0 Å². The van der Waals surface area contributed by atoms with Crippen molar-refractivity contribution in [1.82, 2.24) is 9.97 Å². The van der Waals surface area contributed by atoms with Crippen LogP contribution < -0.4 is 10.9 Å². The van der Waals surface area contributed by atoms with E-state index in [-0.39, 0.29) is 22.7 Å². The number of hydrogen-bond acceptors (Lipinski definition) is 5. The van der Waals surface area contributed by atoms with Gasteiger partial charge in [0.1, 0.15) is 5.69 Å². The van der Waals surface area contributed by atoms with Crippen LogP contribution >= 0.6 is 0 Å². The first kappa shape index (κ1) is 14.5. The highest BCUT2D eigenvalue weighted by atomic mass is 16.6. The predicted molar refractivity (Wildman–Crippen MR) is 84.1 cm³/mol. The number of nitrogens with zero attached hydrogens (tertiary/aromatic N) is 2. The molecule has 1 fully saturated rings. The number of benzene rings is 1. The molecule has 2 unspecified atom stereocenters. The summed E-state index contributed by atoms with van der Waals surface area (Å²) < 4.78 is 0. The molecular formula is C15H18N4O3. The molecule has 2 atom stereocenters. The zero-order valence-corrected chi connectivity index (χ0v) is 12.3. The summed E-state index contributed by atoms with van der Waals surface area (Å²) in [7, 11) is 0. The van der Waals surface area contributed by atoms with Gasteiger partial charge in [-0.3, -0.25) is 14.9 Å². The molecule has 3 rings (SSSR count). The molecule has 1 aliphatic rings. The molecule has 0 spiro atoms. The maximum Gasteiger partial charge on any atom is 0.293 e. The van der Waals surface area contributed by atoms with Crippen LogP contribution in [-0.2, 0) is 0 Å². The van der Waals surface area contributed by atoms with E-state index in [4.69, 9.17) is 0 Å². The first-order chi connectivity index (χ1) is 10.6. The summed E-state index contributed by atoms with van der Waals surface area (Å²) in [5.74, 6) is 0.469. The van der Waals surface area contributed by atoms with Crippen LogP contribution in [-0.4, -0.2) is 20.9 Å². The fourth-order valence-corrected chi connectivity index (χ4v) is 3.10. The Morgan fingerprint density at radius 2 is 2.14 bits per heavy atom. The number of nitro benzene ring substituents is 1. The fourth-order valence-electron chi connectivity index (χ4n) is 3.10. The van der Waals surface area contributed by atoms with Gasteiger partial charge in [-0.15, -0.1) is 0 Å². The maximum absolute atomic E-state index is 11.8. The summed E-state index contributed by atoms with van der Waals surface area (Å²) in [6.07, 6.45) is 5.76. The van der Waals surface area contributed by atoms with Gasteiger partial charge in [0.2, 0.25) is 0 Å². The normalized spacial score (nSPS) is 21.7. The Labute approximate surface area is 126 Å². The summed E-state index contributed by atoms with van der Waals surface area (Å²) in [6, 6.07) is 3.12. The van der Waals surface area contributed by atoms with Gasteiger partial charge < -0.3 is 10.3 Å². The number of nitrogens with one attached hydrogen (secondary N) is 2. The number of anilines is 1. The molecule has 0 saturated heterocycles. The third-order valence-corrected chi connectivity index (χ3v) is 4.41. The number of aromatic amines is 1. The van der Waals surface area contributed by atoms with E-state index < -0.39 is 4.92 Å². The molecule has 7 nitrogen and oxygen atoms in total. The van der Waals surface area contributed by atoms with Gasteiger partial charge in [0.15, 0.2) is 0 Å². The highest BCUT2D eigenvalue weighted by Gasteiger charge is 2.25. The Balaban J connectivity index is 2.05. The van der Waals surface area contributed by atoms with Crippen LogP contribution in [0.3, 0.4) is 0 Å². The number of aromatic nitrogens is 2. The van der Waals surface area contributed by atoms with Crippen molar-refractivity contribution in [3.63, 3.8) is 0 Å². The average molecular weight is 302 g/mol. The quantitative estimate of drug-likeness (QED) is 0.670. The molecule has 0 aliphatic heterocycles. The second-order valence-corrected chi connectivity index (χ2v) is 5.89. The van der Waals surface area contributed by atoms with Crippen molar-refractivity contribution in [3.05, 3.63) is 38.9 Å². The van der Waals surface area contributed by atoms with Crippen molar-refractivity contribution in [2.24, 2.45) is 5.92 Å². The predicted octanol–water partition coefficient (Wildman–Crippen LogP) is 2.82. The Bertz CT molecular complexity index is 771.